The predicted octanol–water partition coefficient (Wildman–Crippen LogP) is 0.601. The Morgan fingerprint density at radius 2 is 2.00 bits per heavy atom. The summed E-state index contributed by atoms with van der Waals surface area (Å²) < 4.78 is 10.5. The molecule has 1 heterocycles. The van der Waals surface area contributed by atoms with Crippen LogP contribution in [0.4, 0.5) is 0 Å². The molecule has 1 aliphatic heterocycles. The van der Waals surface area contributed by atoms with Crippen molar-refractivity contribution in [2.24, 2.45) is 5.73 Å². The van der Waals surface area contributed by atoms with Crippen LogP contribution in [0.25, 0.3) is 0 Å². The van der Waals surface area contributed by atoms with Crippen LogP contribution in [0, 0.1) is 0 Å². The molecule has 1 unspecified atom stereocenters. The Bertz CT molecular complexity index is 264. The van der Waals surface area contributed by atoms with Gasteiger partial charge in [0.15, 0.2) is 6.10 Å². The SMILES string of the molecule is Cl.NC1(CNC(=O)C2COCCO2)CCCCC1. The van der Waals surface area contributed by atoms with E-state index in [0.29, 0.717) is 26.4 Å². The molecule has 18 heavy (non-hydrogen) atoms. The maximum Gasteiger partial charge on any atom is 0.251 e. The Morgan fingerprint density at radius 1 is 1.28 bits per heavy atom. The monoisotopic (exact) mass is 278 g/mol. The summed E-state index contributed by atoms with van der Waals surface area (Å²) in [6.45, 7) is 1.96. The van der Waals surface area contributed by atoms with Gasteiger partial charge in [0.25, 0.3) is 5.91 Å². The molecule has 2 fully saturated rings. The molecule has 1 atom stereocenters. The van der Waals surface area contributed by atoms with E-state index in [-0.39, 0.29) is 23.9 Å². The number of rotatable bonds is 3. The lowest BCUT2D eigenvalue weighted by atomic mass is 9.82. The summed E-state index contributed by atoms with van der Waals surface area (Å²) in [5, 5.41) is 2.89. The molecule has 1 aliphatic carbocycles. The minimum Gasteiger partial charge on any atom is -0.376 e. The Morgan fingerprint density at radius 3 is 2.61 bits per heavy atom. The van der Waals surface area contributed by atoms with Gasteiger partial charge in [0.05, 0.1) is 19.8 Å². The third-order valence-corrected chi connectivity index (χ3v) is 3.57. The van der Waals surface area contributed by atoms with Crippen molar-refractivity contribution >= 4 is 18.3 Å². The first-order chi connectivity index (χ1) is 8.20. The summed E-state index contributed by atoms with van der Waals surface area (Å²) in [4.78, 5) is 11.8. The van der Waals surface area contributed by atoms with E-state index in [2.05, 4.69) is 5.32 Å². The standard InChI is InChI=1S/C12H22N2O3.ClH/c13-12(4-2-1-3-5-12)9-14-11(15)10-8-16-6-7-17-10;/h10H,1-9,13H2,(H,14,15);1H. The largest absolute Gasteiger partial charge is 0.376 e. The van der Waals surface area contributed by atoms with Crippen molar-refractivity contribution in [2.45, 2.75) is 43.7 Å². The van der Waals surface area contributed by atoms with E-state index in [1.807, 2.05) is 0 Å². The van der Waals surface area contributed by atoms with Gasteiger partial charge >= 0.3 is 0 Å². The molecule has 1 amide bonds. The first-order valence-corrected chi connectivity index (χ1v) is 6.46. The Hall–Kier alpha value is -0.360. The zero-order chi connectivity index (χ0) is 12.1. The average molecular weight is 279 g/mol. The number of nitrogens with two attached hydrogens (primary N) is 1. The summed E-state index contributed by atoms with van der Waals surface area (Å²) in [6.07, 6.45) is 5.11. The fraction of sp³-hybridized carbons (Fsp3) is 0.917. The maximum atomic E-state index is 11.8. The highest BCUT2D eigenvalue weighted by Gasteiger charge is 2.29. The summed E-state index contributed by atoms with van der Waals surface area (Å²) in [5.41, 5.74) is 6.03. The normalized spacial score (nSPS) is 27.1. The first-order valence-electron chi connectivity index (χ1n) is 6.46. The lowest BCUT2D eigenvalue weighted by molar-refractivity contribution is -0.147. The third kappa shape index (κ3) is 4.39. The fourth-order valence-electron chi connectivity index (χ4n) is 2.45. The second-order valence-electron chi connectivity index (χ2n) is 5.08. The van der Waals surface area contributed by atoms with Crippen LogP contribution in [0.15, 0.2) is 0 Å². The average Bonchev–Trinajstić information content (AvgIpc) is 2.38. The number of ether oxygens (including phenoxy) is 2. The van der Waals surface area contributed by atoms with Crippen LogP contribution in [0.3, 0.4) is 0 Å². The van der Waals surface area contributed by atoms with Gasteiger partial charge in [-0.1, -0.05) is 19.3 Å². The van der Waals surface area contributed by atoms with Gasteiger partial charge in [0.2, 0.25) is 0 Å². The van der Waals surface area contributed by atoms with Crippen molar-refractivity contribution in [2.75, 3.05) is 26.4 Å². The highest BCUT2D eigenvalue weighted by atomic mass is 35.5. The highest BCUT2D eigenvalue weighted by Crippen LogP contribution is 2.25. The number of nitrogens with one attached hydrogen (secondary N) is 1. The second-order valence-corrected chi connectivity index (χ2v) is 5.08. The van der Waals surface area contributed by atoms with Gasteiger partial charge in [-0.3, -0.25) is 4.79 Å². The molecule has 0 spiro atoms. The van der Waals surface area contributed by atoms with Crippen molar-refractivity contribution < 1.29 is 14.3 Å². The van der Waals surface area contributed by atoms with Crippen LogP contribution in [0.2, 0.25) is 0 Å². The zero-order valence-electron chi connectivity index (χ0n) is 10.7. The molecule has 3 N–H and O–H groups in total. The van der Waals surface area contributed by atoms with Gasteiger partial charge in [-0.25, -0.2) is 0 Å². The third-order valence-electron chi connectivity index (χ3n) is 3.57. The van der Waals surface area contributed by atoms with Gasteiger partial charge in [-0.15, -0.1) is 12.4 Å². The van der Waals surface area contributed by atoms with Gasteiger partial charge in [-0.05, 0) is 12.8 Å². The van der Waals surface area contributed by atoms with E-state index in [9.17, 15) is 4.79 Å². The van der Waals surface area contributed by atoms with Crippen molar-refractivity contribution in [3.8, 4) is 0 Å². The van der Waals surface area contributed by atoms with Gasteiger partial charge in [0, 0.05) is 12.1 Å². The summed E-state index contributed by atoms with van der Waals surface area (Å²) in [5.74, 6) is -0.0971. The van der Waals surface area contributed by atoms with Gasteiger partial charge in [0.1, 0.15) is 0 Å². The number of hydrogen-bond donors (Lipinski definition) is 2. The molecule has 0 aromatic rings. The zero-order valence-corrected chi connectivity index (χ0v) is 11.5. The lowest BCUT2D eigenvalue weighted by Crippen LogP contribution is -2.54. The van der Waals surface area contributed by atoms with Crippen LogP contribution in [-0.4, -0.2) is 43.9 Å². The molecule has 0 aromatic carbocycles. The molecule has 0 aromatic heterocycles. The van der Waals surface area contributed by atoms with Crippen LogP contribution < -0.4 is 11.1 Å². The van der Waals surface area contributed by atoms with Crippen molar-refractivity contribution in [1.82, 2.24) is 5.32 Å². The van der Waals surface area contributed by atoms with E-state index >= 15 is 0 Å². The maximum absolute atomic E-state index is 11.8. The van der Waals surface area contributed by atoms with Crippen molar-refractivity contribution in [1.29, 1.82) is 0 Å². The van der Waals surface area contributed by atoms with Gasteiger partial charge in [-0.2, -0.15) is 0 Å². The number of amides is 1. The molecule has 6 heteroatoms. The molecule has 5 nitrogen and oxygen atoms in total. The molecule has 2 aliphatic rings. The molecular formula is C12H23ClN2O3. The van der Waals surface area contributed by atoms with E-state index < -0.39 is 6.10 Å². The van der Waals surface area contributed by atoms with Gasteiger partial charge < -0.3 is 20.5 Å². The predicted molar refractivity (Wildman–Crippen MR) is 70.8 cm³/mol. The molecule has 106 valence electrons. The first kappa shape index (κ1) is 15.7. The number of carbonyl (C=O) groups is 1. The lowest BCUT2D eigenvalue weighted by Gasteiger charge is -2.34. The summed E-state index contributed by atoms with van der Waals surface area (Å²) in [6, 6.07) is 0. The van der Waals surface area contributed by atoms with Crippen molar-refractivity contribution in [3.63, 3.8) is 0 Å². The number of hydrogen-bond acceptors (Lipinski definition) is 4. The molecule has 0 bridgehead atoms. The van der Waals surface area contributed by atoms with Crippen LogP contribution in [-0.2, 0) is 14.3 Å². The topological polar surface area (TPSA) is 73.6 Å². The summed E-state index contributed by atoms with van der Waals surface area (Å²) >= 11 is 0. The quantitative estimate of drug-likeness (QED) is 0.793. The van der Waals surface area contributed by atoms with E-state index in [1.54, 1.807) is 0 Å². The molecule has 1 saturated heterocycles. The molecule has 1 saturated carbocycles. The number of carbonyl (C=O) groups excluding carboxylic acids is 1. The van der Waals surface area contributed by atoms with Crippen molar-refractivity contribution in [3.05, 3.63) is 0 Å². The minimum atomic E-state index is -0.462. The molecule has 2 rings (SSSR count). The van der Waals surface area contributed by atoms with E-state index in [0.717, 1.165) is 25.7 Å². The minimum absolute atomic E-state index is 0. The highest BCUT2D eigenvalue weighted by molar-refractivity contribution is 5.85. The fourth-order valence-corrected chi connectivity index (χ4v) is 2.45. The molecular weight excluding hydrogens is 256 g/mol. The molecule has 0 radical (unpaired) electrons. The Balaban J connectivity index is 0.00000162. The van der Waals surface area contributed by atoms with Crippen LogP contribution in [0.1, 0.15) is 32.1 Å². The Labute approximate surface area is 114 Å². The van der Waals surface area contributed by atoms with Crippen LogP contribution >= 0.6 is 12.4 Å². The second kappa shape index (κ2) is 7.28. The van der Waals surface area contributed by atoms with E-state index in [1.165, 1.54) is 6.42 Å². The van der Waals surface area contributed by atoms with E-state index in [4.69, 9.17) is 15.2 Å². The number of halogens is 1. The smallest absolute Gasteiger partial charge is 0.251 e. The van der Waals surface area contributed by atoms with Crippen LogP contribution in [0.5, 0.6) is 0 Å². The summed E-state index contributed by atoms with van der Waals surface area (Å²) in [7, 11) is 0. The Kier molecular flexibility index (Phi) is 6.35.